The van der Waals surface area contributed by atoms with Gasteiger partial charge in [-0.3, -0.25) is 0 Å². The minimum atomic E-state index is -4.51. The van der Waals surface area contributed by atoms with E-state index in [-0.39, 0.29) is 11.4 Å². The van der Waals surface area contributed by atoms with E-state index in [2.05, 4.69) is 5.32 Å². The van der Waals surface area contributed by atoms with Crippen LogP contribution in [0.4, 0.5) is 29.3 Å². The van der Waals surface area contributed by atoms with E-state index in [0.29, 0.717) is 26.3 Å². The van der Waals surface area contributed by atoms with Crippen LogP contribution in [0.5, 0.6) is 0 Å². The summed E-state index contributed by atoms with van der Waals surface area (Å²) in [5.41, 5.74) is 4.20. The van der Waals surface area contributed by atoms with E-state index in [4.69, 9.17) is 10.5 Å². The molecule has 0 spiro atoms. The number of ether oxygens (including phenoxy) is 1. The third-order valence-corrected chi connectivity index (χ3v) is 2.92. The maximum Gasteiger partial charge on any atom is 0.418 e. The first kappa shape index (κ1) is 14.4. The van der Waals surface area contributed by atoms with E-state index in [1.165, 1.54) is 12.1 Å². The number of hydrogen-bond donors (Lipinski definition) is 2. The molecule has 0 bridgehead atoms. The van der Waals surface area contributed by atoms with Crippen LogP contribution in [0.15, 0.2) is 18.2 Å². The Kier molecular flexibility index (Phi) is 4.03. The summed E-state index contributed by atoms with van der Waals surface area (Å²) in [6.07, 6.45) is -4.51. The van der Waals surface area contributed by atoms with Crippen molar-refractivity contribution in [1.82, 2.24) is 0 Å². The summed E-state index contributed by atoms with van der Waals surface area (Å²) in [4.78, 5) is 12.3. The number of carbonyl (C=O) groups excluding carboxylic acids is 1. The molecule has 2 rings (SSSR count). The van der Waals surface area contributed by atoms with Crippen molar-refractivity contribution in [3.05, 3.63) is 23.8 Å². The number of amides is 2. The Morgan fingerprint density at radius 3 is 2.50 bits per heavy atom. The number of carbonyl (C=O) groups is 1. The van der Waals surface area contributed by atoms with Crippen LogP contribution >= 0.6 is 0 Å². The Hall–Kier alpha value is -1.96. The molecule has 0 aromatic heterocycles. The highest BCUT2D eigenvalue weighted by Gasteiger charge is 2.35. The Balaban J connectivity index is 2.37. The second kappa shape index (κ2) is 5.58. The number of nitrogens with zero attached hydrogens (tertiary/aromatic N) is 1. The van der Waals surface area contributed by atoms with E-state index in [1.807, 2.05) is 0 Å². The number of halogens is 3. The summed E-state index contributed by atoms with van der Waals surface area (Å²) in [5.74, 6) is 0. The zero-order valence-corrected chi connectivity index (χ0v) is 10.5. The third kappa shape index (κ3) is 3.32. The van der Waals surface area contributed by atoms with E-state index in [1.54, 1.807) is 4.90 Å². The number of hydrogen-bond acceptors (Lipinski definition) is 3. The third-order valence-electron chi connectivity index (χ3n) is 2.92. The zero-order chi connectivity index (χ0) is 14.8. The minimum absolute atomic E-state index is 0.0156. The second-order valence-corrected chi connectivity index (χ2v) is 4.32. The lowest BCUT2D eigenvalue weighted by Gasteiger charge is -2.31. The summed E-state index contributed by atoms with van der Waals surface area (Å²) in [6, 6.07) is 2.71. The van der Waals surface area contributed by atoms with Crippen molar-refractivity contribution in [2.45, 2.75) is 6.18 Å². The molecule has 1 fully saturated rings. The Morgan fingerprint density at radius 1 is 1.30 bits per heavy atom. The Labute approximate surface area is 113 Å². The molecule has 1 aliphatic heterocycles. The molecule has 1 aromatic carbocycles. The van der Waals surface area contributed by atoms with Crippen LogP contribution in [-0.4, -0.2) is 32.3 Å². The number of nitrogens with one attached hydrogen (secondary N) is 1. The Morgan fingerprint density at radius 2 is 1.95 bits per heavy atom. The Bertz CT molecular complexity index is 499. The first-order valence-corrected chi connectivity index (χ1v) is 5.98. The van der Waals surface area contributed by atoms with E-state index < -0.39 is 17.8 Å². The van der Waals surface area contributed by atoms with Crippen molar-refractivity contribution >= 4 is 17.4 Å². The molecule has 0 radical (unpaired) electrons. The van der Waals surface area contributed by atoms with Gasteiger partial charge < -0.3 is 20.7 Å². The number of nitrogens with two attached hydrogens (primary N) is 1. The van der Waals surface area contributed by atoms with Crippen LogP contribution in [-0.2, 0) is 10.9 Å². The number of alkyl halides is 3. The topological polar surface area (TPSA) is 67.6 Å². The molecule has 1 heterocycles. The molecular weight excluding hydrogens is 275 g/mol. The van der Waals surface area contributed by atoms with Gasteiger partial charge in [0.2, 0.25) is 0 Å². The van der Waals surface area contributed by atoms with Crippen molar-refractivity contribution in [2.24, 2.45) is 5.73 Å². The summed E-state index contributed by atoms with van der Waals surface area (Å²) >= 11 is 0. The van der Waals surface area contributed by atoms with Crippen LogP contribution in [0.25, 0.3) is 0 Å². The predicted molar refractivity (Wildman–Crippen MR) is 67.7 cm³/mol. The van der Waals surface area contributed by atoms with Crippen LogP contribution in [0.1, 0.15) is 5.56 Å². The molecule has 110 valence electrons. The summed E-state index contributed by atoms with van der Waals surface area (Å²) < 4.78 is 44.5. The van der Waals surface area contributed by atoms with E-state index in [0.717, 1.165) is 6.07 Å². The molecule has 3 N–H and O–H groups in total. The van der Waals surface area contributed by atoms with Gasteiger partial charge in [0, 0.05) is 24.5 Å². The number of rotatable bonds is 2. The normalized spacial score (nSPS) is 16.1. The molecular formula is C12H14F3N3O2. The first-order chi connectivity index (χ1) is 9.38. The van der Waals surface area contributed by atoms with Gasteiger partial charge >= 0.3 is 12.2 Å². The maximum absolute atomic E-state index is 13.1. The number of urea groups is 1. The van der Waals surface area contributed by atoms with Crippen molar-refractivity contribution in [3.8, 4) is 0 Å². The molecule has 5 nitrogen and oxygen atoms in total. The van der Waals surface area contributed by atoms with Gasteiger partial charge in [-0.2, -0.15) is 13.2 Å². The van der Waals surface area contributed by atoms with Crippen molar-refractivity contribution < 1.29 is 22.7 Å². The van der Waals surface area contributed by atoms with E-state index in [9.17, 15) is 18.0 Å². The molecule has 2 amide bonds. The number of morpholine rings is 1. The van der Waals surface area contributed by atoms with Gasteiger partial charge in [0.05, 0.1) is 18.8 Å². The van der Waals surface area contributed by atoms with Crippen molar-refractivity contribution in [1.29, 1.82) is 0 Å². The standard InChI is InChI=1S/C12H14F3N3O2/c13-12(14,15)9-7-8(17-11(16)19)1-2-10(9)18-3-5-20-6-4-18/h1-2,7H,3-6H2,(H3,16,17,19). The summed E-state index contributed by atoms with van der Waals surface area (Å²) in [5, 5.41) is 2.14. The fraction of sp³-hybridized carbons (Fsp3) is 0.417. The fourth-order valence-electron chi connectivity index (χ4n) is 2.06. The van der Waals surface area contributed by atoms with Gasteiger partial charge in [0.15, 0.2) is 0 Å². The zero-order valence-electron chi connectivity index (χ0n) is 10.5. The smallest absolute Gasteiger partial charge is 0.378 e. The van der Waals surface area contributed by atoms with Gasteiger partial charge in [-0.15, -0.1) is 0 Å². The first-order valence-electron chi connectivity index (χ1n) is 5.98. The second-order valence-electron chi connectivity index (χ2n) is 4.32. The largest absolute Gasteiger partial charge is 0.418 e. The highest BCUT2D eigenvalue weighted by atomic mass is 19.4. The average Bonchev–Trinajstić information content (AvgIpc) is 2.38. The molecule has 1 aromatic rings. The highest BCUT2D eigenvalue weighted by molar-refractivity contribution is 5.88. The van der Waals surface area contributed by atoms with Gasteiger partial charge in [-0.1, -0.05) is 0 Å². The lowest BCUT2D eigenvalue weighted by Crippen LogP contribution is -2.37. The van der Waals surface area contributed by atoms with Crippen LogP contribution in [0.3, 0.4) is 0 Å². The molecule has 1 saturated heterocycles. The van der Waals surface area contributed by atoms with Crippen LogP contribution in [0, 0.1) is 0 Å². The van der Waals surface area contributed by atoms with Gasteiger partial charge in [-0.25, -0.2) is 4.79 Å². The molecule has 0 atom stereocenters. The highest BCUT2D eigenvalue weighted by Crippen LogP contribution is 2.38. The number of anilines is 2. The number of benzene rings is 1. The molecule has 0 aliphatic carbocycles. The van der Waals surface area contributed by atoms with E-state index >= 15 is 0 Å². The lowest BCUT2D eigenvalue weighted by atomic mass is 10.1. The molecule has 0 unspecified atom stereocenters. The van der Waals surface area contributed by atoms with Gasteiger partial charge in [-0.05, 0) is 18.2 Å². The average molecular weight is 289 g/mol. The number of primary amides is 1. The fourth-order valence-corrected chi connectivity index (χ4v) is 2.06. The summed E-state index contributed by atoms with van der Waals surface area (Å²) in [6.45, 7) is 1.56. The molecule has 8 heteroatoms. The summed E-state index contributed by atoms with van der Waals surface area (Å²) in [7, 11) is 0. The SMILES string of the molecule is NC(=O)Nc1ccc(N2CCOCC2)c(C(F)(F)F)c1. The van der Waals surface area contributed by atoms with Gasteiger partial charge in [0.1, 0.15) is 0 Å². The molecule has 1 aliphatic rings. The molecule has 0 saturated carbocycles. The monoisotopic (exact) mass is 289 g/mol. The quantitative estimate of drug-likeness (QED) is 0.875. The van der Waals surface area contributed by atoms with Gasteiger partial charge in [0.25, 0.3) is 0 Å². The molecule has 20 heavy (non-hydrogen) atoms. The lowest BCUT2D eigenvalue weighted by molar-refractivity contribution is -0.137. The predicted octanol–water partition coefficient (Wildman–Crippen LogP) is 2.03. The van der Waals surface area contributed by atoms with Crippen molar-refractivity contribution in [3.63, 3.8) is 0 Å². The minimum Gasteiger partial charge on any atom is -0.378 e. The maximum atomic E-state index is 13.1. The van der Waals surface area contributed by atoms with Crippen LogP contribution in [0.2, 0.25) is 0 Å². The van der Waals surface area contributed by atoms with Crippen molar-refractivity contribution in [2.75, 3.05) is 36.5 Å². The van der Waals surface area contributed by atoms with Crippen LogP contribution < -0.4 is 16.0 Å².